The summed E-state index contributed by atoms with van der Waals surface area (Å²) >= 11 is 0. The number of fused-ring (bicyclic) bond motifs is 2. The van der Waals surface area contributed by atoms with Crippen LogP contribution in [0.25, 0.3) is 11.3 Å². The van der Waals surface area contributed by atoms with E-state index in [1.807, 2.05) is 30.3 Å². The van der Waals surface area contributed by atoms with Crippen molar-refractivity contribution in [2.24, 2.45) is 5.92 Å². The number of hydrogen-bond donors (Lipinski definition) is 0. The van der Waals surface area contributed by atoms with E-state index in [2.05, 4.69) is 9.88 Å². The third kappa shape index (κ3) is 2.06. The van der Waals surface area contributed by atoms with Gasteiger partial charge in [-0.05, 0) is 25.9 Å². The number of oxazole rings is 1. The van der Waals surface area contributed by atoms with Crippen molar-refractivity contribution in [1.29, 1.82) is 0 Å². The number of hydrogen-bond acceptors (Lipinski definition) is 5. The maximum absolute atomic E-state index is 12.5. The van der Waals surface area contributed by atoms with Crippen molar-refractivity contribution < 1.29 is 13.9 Å². The van der Waals surface area contributed by atoms with Crippen LogP contribution >= 0.6 is 0 Å². The van der Waals surface area contributed by atoms with Gasteiger partial charge in [0.15, 0.2) is 5.76 Å². The average Bonchev–Trinajstić information content (AvgIpc) is 3.22. The third-order valence-electron chi connectivity index (χ3n) is 5.54. The first-order valence-electron chi connectivity index (χ1n) is 8.48. The summed E-state index contributed by atoms with van der Waals surface area (Å²) < 4.78 is 11.7. The van der Waals surface area contributed by atoms with Gasteiger partial charge in [0.25, 0.3) is 0 Å². The van der Waals surface area contributed by atoms with Gasteiger partial charge in [0.2, 0.25) is 0 Å². The monoisotopic (exact) mass is 325 g/mol. The van der Waals surface area contributed by atoms with Crippen molar-refractivity contribution in [3.05, 3.63) is 36.5 Å². The molecule has 1 spiro atoms. The molecule has 2 bridgehead atoms. The predicted octanol–water partition coefficient (Wildman–Crippen LogP) is 2.76. The summed E-state index contributed by atoms with van der Waals surface area (Å²) in [7, 11) is 0. The van der Waals surface area contributed by atoms with E-state index in [1.54, 1.807) is 11.1 Å². The molecule has 1 atom stereocenters. The fourth-order valence-electron chi connectivity index (χ4n) is 4.28. The minimum absolute atomic E-state index is 0.326. The lowest BCUT2D eigenvalue weighted by molar-refractivity contribution is -0.0881. The Morgan fingerprint density at radius 2 is 1.92 bits per heavy atom. The number of rotatable bonds is 2. The molecule has 4 saturated heterocycles. The number of carbonyl (C=O) groups is 1. The summed E-state index contributed by atoms with van der Waals surface area (Å²) in [5.74, 6) is 1.10. The lowest BCUT2D eigenvalue weighted by Crippen LogP contribution is -2.61. The molecule has 0 saturated carbocycles. The number of benzene rings is 1. The number of amides is 1. The highest BCUT2D eigenvalue weighted by atomic mass is 16.6. The molecule has 6 heteroatoms. The Morgan fingerprint density at radius 3 is 2.62 bits per heavy atom. The molecule has 1 amide bonds. The molecule has 6 rings (SSSR count). The van der Waals surface area contributed by atoms with E-state index in [9.17, 15) is 4.79 Å². The SMILES string of the molecule is O=C1O[C@]2(CN3CCC2CC3)CN1c1ncc(-c2ccccc2)o1. The van der Waals surface area contributed by atoms with E-state index < -0.39 is 5.60 Å². The zero-order chi connectivity index (χ0) is 16.1. The standard InChI is InChI=1S/C18H19N3O3/c22-17-21(12-18(24-17)11-20-8-6-14(18)7-9-20)16-19-10-15(23-16)13-4-2-1-3-5-13/h1-5,10,14H,6-9,11-12H2/t18-/m1/s1. The van der Waals surface area contributed by atoms with Gasteiger partial charge in [0.05, 0.1) is 12.7 Å². The lowest BCUT2D eigenvalue weighted by Gasteiger charge is -2.49. The minimum Gasteiger partial charge on any atom is -0.439 e. The number of nitrogens with zero attached hydrogens (tertiary/aromatic N) is 3. The Labute approximate surface area is 140 Å². The van der Waals surface area contributed by atoms with Crippen LogP contribution in [0.4, 0.5) is 10.8 Å². The van der Waals surface area contributed by atoms with Gasteiger partial charge < -0.3 is 9.15 Å². The van der Waals surface area contributed by atoms with Crippen molar-refractivity contribution in [3.8, 4) is 11.3 Å². The van der Waals surface area contributed by atoms with Crippen LogP contribution in [-0.2, 0) is 4.74 Å². The molecule has 5 heterocycles. The van der Waals surface area contributed by atoms with E-state index in [1.165, 1.54) is 0 Å². The molecule has 0 unspecified atom stereocenters. The summed E-state index contributed by atoms with van der Waals surface area (Å²) in [5.41, 5.74) is 0.552. The summed E-state index contributed by atoms with van der Waals surface area (Å²) in [4.78, 5) is 20.7. The molecule has 0 aliphatic carbocycles. The van der Waals surface area contributed by atoms with Crippen molar-refractivity contribution >= 4 is 12.1 Å². The highest BCUT2D eigenvalue weighted by Crippen LogP contribution is 2.43. The minimum atomic E-state index is -0.394. The zero-order valence-electron chi connectivity index (χ0n) is 13.4. The van der Waals surface area contributed by atoms with Crippen LogP contribution < -0.4 is 4.90 Å². The fraction of sp³-hybridized carbons (Fsp3) is 0.444. The largest absolute Gasteiger partial charge is 0.439 e. The van der Waals surface area contributed by atoms with E-state index in [0.717, 1.165) is 38.0 Å². The van der Waals surface area contributed by atoms with E-state index in [-0.39, 0.29) is 6.09 Å². The molecule has 4 aliphatic rings. The van der Waals surface area contributed by atoms with Gasteiger partial charge in [0.1, 0.15) is 5.60 Å². The molecule has 4 fully saturated rings. The van der Waals surface area contributed by atoms with Crippen LogP contribution in [-0.4, -0.2) is 47.8 Å². The van der Waals surface area contributed by atoms with Crippen LogP contribution in [0.2, 0.25) is 0 Å². The smallest absolute Gasteiger partial charge is 0.418 e. The summed E-state index contributed by atoms with van der Waals surface area (Å²) in [6.45, 7) is 3.58. The van der Waals surface area contributed by atoms with Gasteiger partial charge in [0, 0.05) is 18.0 Å². The molecule has 0 radical (unpaired) electrons. The van der Waals surface area contributed by atoms with Crippen molar-refractivity contribution in [2.75, 3.05) is 31.1 Å². The summed E-state index contributed by atoms with van der Waals surface area (Å²) in [5, 5.41) is 0. The molecule has 2 aromatic rings. The Morgan fingerprint density at radius 1 is 1.12 bits per heavy atom. The lowest BCUT2D eigenvalue weighted by atomic mass is 9.75. The Balaban J connectivity index is 1.42. The Kier molecular flexibility index (Phi) is 2.97. The van der Waals surface area contributed by atoms with Gasteiger partial charge in [-0.2, -0.15) is 0 Å². The molecule has 124 valence electrons. The number of carbonyl (C=O) groups excluding carboxylic acids is 1. The number of anilines is 1. The molecule has 1 aromatic heterocycles. The number of aromatic nitrogens is 1. The second kappa shape index (κ2) is 5.08. The average molecular weight is 325 g/mol. The van der Waals surface area contributed by atoms with E-state index >= 15 is 0 Å². The second-order valence-corrected chi connectivity index (χ2v) is 6.94. The van der Waals surface area contributed by atoms with Crippen molar-refractivity contribution in [2.45, 2.75) is 18.4 Å². The van der Waals surface area contributed by atoms with E-state index in [0.29, 0.717) is 24.2 Å². The van der Waals surface area contributed by atoms with Crippen LogP contribution in [0, 0.1) is 5.92 Å². The molecule has 24 heavy (non-hydrogen) atoms. The van der Waals surface area contributed by atoms with Crippen LogP contribution in [0.1, 0.15) is 12.8 Å². The summed E-state index contributed by atoms with van der Waals surface area (Å²) in [6, 6.07) is 10.1. The second-order valence-electron chi connectivity index (χ2n) is 6.94. The quantitative estimate of drug-likeness (QED) is 0.850. The van der Waals surface area contributed by atoms with Gasteiger partial charge in [-0.15, -0.1) is 0 Å². The van der Waals surface area contributed by atoms with Crippen LogP contribution in [0.3, 0.4) is 0 Å². The molecule has 1 aromatic carbocycles. The van der Waals surface area contributed by atoms with Crippen LogP contribution in [0.5, 0.6) is 0 Å². The molecule has 4 aliphatic heterocycles. The van der Waals surface area contributed by atoms with Crippen molar-refractivity contribution in [3.63, 3.8) is 0 Å². The fourth-order valence-corrected chi connectivity index (χ4v) is 4.28. The third-order valence-corrected chi connectivity index (χ3v) is 5.54. The Hall–Kier alpha value is -2.34. The topological polar surface area (TPSA) is 58.8 Å². The maximum atomic E-state index is 12.5. The number of piperidine rings is 3. The number of ether oxygens (including phenoxy) is 1. The van der Waals surface area contributed by atoms with Gasteiger partial charge in [-0.1, -0.05) is 30.3 Å². The van der Waals surface area contributed by atoms with Crippen LogP contribution in [0.15, 0.2) is 40.9 Å². The Bertz CT molecular complexity index is 767. The van der Waals surface area contributed by atoms with E-state index in [4.69, 9.17) is 9.15 Å². The first kappa shape index (κ1) is 14.0. The molecular weight excluding hydrogens is 306 g/mol. The van der Waals surface area contributed by atoms with Gasteiger partial charge >= 0.3 is 12.1 Å². The highest BCUT2D eigenvalue weighted by Gasteiger charge is 2.56. The molecule has 6 nitrogen and oxygen atoms in total. The summed E-state index contributed by atoms with van der Waals surface area (Å²) in [6.07, 6.45) is 3.52. The first-order chi connectivity index (χ1) is 11.7. The predicted molar refractivity (Wildman–Crippen MR) is 87.7 cm³/mol. The highest BCUT2D eigenvalue weighted by molar-refractivity contribution is 5.88. The maximum Gasteiger partial charge on any atom is 0.418 e. The van der Waals surface area contributed by atoms with Gasteiger partial charge in [-0.25, -0.2) is 14.7 Å². The normalized spacial score (nSPS) is 31.7. The molecule has 0 N–H and O–H groups in total. The van der Waals surface area contributed by atoms with Crippen molar-refractivity contribution in [1.82, 2.24) is 9.88 Å². The molecular formula is C18H19N3O3. The first-order valence-corrected chi connectivity index (χ1v) is 8.48. The zero-order valence-corrected chi connectivity index (χ0v) is 13.4. The van der Waals surface area contributed by atoms with Gasteiger partial charge in [-0.3, -0.25) is 4.90 Å².